The number of furan rings is 1. The normalized spacial score (nSPS) is 16.5. The van der Waals surface area contributed by atoms with Gasteiger partial charge in [-0.1, -0.05) is 6.07 Å². The maximum Gasteiger partial charge on any atom is 0.335 e. The van der Waals surface area contributed by atoms with Crippen molar-refractivity contribution in [2.75, 3.05) is 10.2 Å². The molecule has 11 heteroatoms. The largest absolute Gasteiger partial charge is 0.478 e. The van der Waals surface area contributed by atoms with Crippen LogP contribution < -0.4 is 15.5 Å². The highest BCUT2D eigenvalue weighted by Crippen LogP contribution is 2.43. The predicted molar refractivity (Wildman–Crippen MR) is 147 cm³/mol. The van der Waals surface area contributed by atoms with Gasteiger partial charge in [-0.15, -0.1) is 0 Å². The molecule has 0 radical (unpaired) electrons. The van der Waals surface area contributed by atoms with Gasteiger partial charge in [0.2, 0.25) is 5.91 Å². The highest BCUT2D eigenvalue weighted by Gasteiger charge is 2.42. The molecule has 1 fully saturated rings. The molecule has 0 saturated carbocycles. The van der Waals surface area contributed by atoms with Gasteiger partial charge in [0.05, 0.1) is 22.9 Å². The fourth-order valence-corrected chi connectivity index (χ4v) is 4.86. The second kappa shape index (κ2) is 10.4. The number of pyridine rings is 1. The summed E-state index contributed by atoms with van der Waals surface area (Å²) < 4.78 is 6.24. The highest BCUT2D eigenvalue weighted by molar-refractivity contribution is 7.80. The Kier molecular flexibility index (Phi) is 6.82. The van der Waals surface area contributed by atoms with Gasteiger partial charge in [0, 0.05) is 30.1 Å². The first-order valence-corrected chi connectivity index (χ1v) is 12.2. The molecule has 2 aromatic heterocycles. The Morgan fingerprint density at radius 1 is 0.974 bits per heavy atom. The quantitative estimate of drug-likeness (QED) is 0.239. The van der Waals surface area contributed by atoms with E-state index in [-0.39, 0.29) is 17.0 Å². The van der Waals surface area contributed by atoms with Gasteiger partial charge in [-0.05, 0) is 78.9 Å². The summed E-state index contributed by atoms with van der Waals surface area (Å²) in [6.07, 6.45) is 1.68. The highest BCUT2D eigenvalue weighted by atomic mass is 32.1. The average Bonchev–Trinajstić information content (AvgIpc) is 3.54. The molecule has 196 valence electrons. The summed E-state index contributed by atoms with van der Waals surface area (Å²) in [6.45, 7) is 1.43. The minimum Gasteiger partial charge on any atom is -0.478 e. The number of carbonyl (C=O) groups is 3. The van der Waals surface area contributed by atoms with Crippen LogP contribution in [0.4, 0.5) is 11.4 Å². The third kappa shape index (κ3) is 5.20. The molecule has 10 nitrogen and oxygen atoms in total. The van der Waals surface area contributed by atoms with Crippen LogP contribution in [0, 0.1) is 0 Å². The fraction of sp³-hybridized carbons (Fsp3) is 0.107. The van der Waals surface area contributed by atoms with Crippen LogP contribution in [0.1, 0.15) is 51.2 Å². The Morgan fingerprint density at radius 2 is 1.67 bits per heavy atom. The molecular weight excluding hydrogens is 520 g/mol. The number of carboxylic acids is 2. The van der Waals surface area contributed by atoms with E-state index >= 15 is 0 Å². The number of thiocarbonyl (C=S) groups is 1. The Hall–Kier alpha value is -5.03. The van der Waals surface area contributed by atoms with E-state index < -0.39 is 24.0 Å². The minimum absolute atomic E-state index is 0.168. The molecular formula is C28H22N4O6S. The average molecular weight is 543 g/mol. The molecule has 5 rings (SSSR count). The summed E-state index contributed by atoms with van der Waals surface area (Å²) in [5.41, 5.74) is 2.07. The smallest absolute Gasteiger partial charge is 0.335 e. The van der Waals surface area contributed by atoms with E-state index in [0.29, 0.717) is 27.9 Å². The summed E-state index contributed by atoms with van der Waals surface area (Å²) in [4.78, 5) is 41.0. The molecule has 4 N–H and O–H groups in total. The number of aromatic nitrogens is 1. The van der Waals surface area contributed by atoms with Gasteiger partial charge in [-0.3, -0.25) is 9.78 Å². The number of anilines is 2. The molecule has 0 bridgehead atoms. The van der Waals surface area contributed by atoms with E-state index in [1.54, 1.807) is 30.5 Å². The molecule has 1 aliphatic rings. The van der Waals surface area contributed by atoms with E-state index in [1.165, 1.54) is 19.1 Å². The van der Waals surface area contributed by atoms with Gasteiger partial charge >= 0.3 is 11.9 Å². The van der Waals surface area contributed by atoms with Gasteiger partial charge in [0.25, 0.3) is 0 Å². The first kappa shape index (κ1) is 25.6. The van der Waals surface area contributed by atoms with E-state index in [2.05, 4.69) is 15.6 Å². The fourth-order valence-electron chi connectivity index (χ4n) is 4.51. The summed E-state index contributed by atoms with van der Waals surface area (Å²) >= 11 is 5.72. The van der Waals surface area contributed by atoms with Crippen LogP contribution in [0.25, 0.3) is 11.3 Å². The number of hydrogen-bond donors (Lipinski definition) is 4. The zero-order valence-corrected chi connectivity index (χ0v) is 21.3. The van der Waals surface area contributed by atoms with Crippen LogP contribution in [0.2, 0.25) is 0 Å². The molecule has 4 aromatic rings. The standard InChI is InChI=1S/C28H22N4O6S/c1-15(33)30-19-5-7-20(8-6-19)32-25(24(31-28(32)39)21-4-2-3-11-29-21)23-10-9-22(38-23)16-12-17(26(34)35)14-18(13-16)27(36)37/h2-14,24-25H,1H3,(H,30,33)(H,31,39)(H,34,35)(H,36,37). The summed E-state index contributed by atoms with van der Waals surface area (Å²) in [5.74, 6) is -1.89. The number of aromatic carboxylic acids is 2. The number of carbonyl (C=O) groups excluding carboxylic acids is 1. The van der Waals surface area contributed by atoms with Gasteiger partial charge in [0.1, 0.15) is 17.6 Å². The van der Waals surface area contributed by atoms with Crippen LogP contribution in [0.3, 0.4) is 0 Å². The molecule has 3 heterocycles. The summed E-state index contributed by atoms with van der Waals surface area (Å²) in [5, 5.41) is 25.4. The Balaban J connectivity index is 1.58. The molecule has 1 saturated heterocycles. The van der Waals surface area contributed by atoms with Crippen molar-refractivity contribution < 1.29 is 29.0 Å². The van der Waals surface area contributed by atoms with Crippen LogP contribution in [-0.4, -0.2) is 38.2 Å². The molecule has 1 amide bonds. The van der Waals surface area contributed by atoms with Crippen LogP contribution in [0.15, 0.2) is 83.4 Å². The topological polar surface area (TPSA) is 145 Å². The number of hydrogen-bond acceptors (Lipinski definition) is 6. The van der Waals surface area contributed by atoms with Gasteiger partial charge < -0.3 is 30.2 Å². The lowest BCUT2D eigenvalue weighted by Gasteiger charge is -2.26. The maximum absolute atomic E-state index is 11.6. The molecule has 39 heavy (non-hydrogen) atoms. The van der Waals surface area contributed by atoms with Crippen molar-refractivity contribution in [3.05, 3.63) is 102 Å². The van der Waals surface area contributed by atoms with Crippen molar-refractivity contribution in [3.8, 4) is 11.3 Å². The van der Waals surface area contributed by atoms with Crippen LogP contribution in [0.5, 0.6) is 0 Å². The van der Waals surface area contributed by atoms with Gasteiger partial charge in [-0.25, -0.2) is 9.59 Å². The molecule has 2 unspecified atom stereocenters. The first-order chi connectivity index (χ1) is 18.7. The summed E-state index contributed by atoms with van der Waals surface area (Å²) in [6, 6.07) is 19.1. The maximum atomic E-state index is 11.6. The third-order valence-corrected chi connectivity index (χ3v) is 6.51. The number of nitrogens with zero attached hydrogens (tertiary/aromatic N) is 2. The van der Waals surface area contributed by atoms with Gasteiger partial charge in [0.15, 0.2) is 5.11 Å². The van der Waals surface area contributed by atoms with E-state index in [0.717, 1.165) is 17.4 Å². The zero-order chi connectivity index (χ0) is 27.7. The van der Waals surface area contributed by atoms with E-state index in [4.69, 9.17) is 16.6 Å². The number of nitrogens with one attached hydrogen (secondary N) is 2. The van der Waals surface area contributed by atoms with Gasteiger partial charge in [-0.2, -0.15) is 0 Å². The lowest BCUT2D eigenvalue weighted by Crippen LogP contribution is -2.29. The number of amides is 1. The number of rotatable bonds is 7. The zero-order valence-electron chi connectivity index (χ0n) is 20.5. The lowest BCUT2D eigenvalue weighted by molar-refractivity contribution is -0.114. The number of benzene rings is 2. The van der Waals surface area contributed by atoms with E-state index in [9.17, 15) is 24.6 Å². The molecule has 1 aliphatic heterocycles. The second-order valence-electron chi connectivity index (χ2n) is 8.84. The van der Waals surface area contributed by atoms with Crippen LogP contribution in [-0.2, 0) is 4.79 Å². The Morgan fingerprint density at radius 3 is 2.26 bits per heavy atom. The summed E-state index contributed by atoms with van der Waals surface area (Å²) in [7, 11) is 0. The lowest BCUT2D eigenvalue weighted by atomic mass is 10.0. The third-order valence-electron chi connectivity index (χ3n) is 6.19. The monoisotopic (exact) mass is 542 g/mol. The predicted octanol–water partition coefficient (Wildman–Crippen LogP) is 4.87. The Labute approximate surface area is 227 Å². The molecule has 2 aromatic carbocycles. The van der Waals surface area contributed by atoms with E-state index in [1.807, 2.05) is 35.2 Å². The molecule has 0 aliphatic carbocycles. The van der Waals surface area contributed by atoms with Crippen LogP contribution >= 0.6 is 12.2 Å². The van der Waals surface area contributed by atoms with Crippen molar-refractivity contribution >= 4 is 46.6 Å². The number of carboxylic acid groups (broad SMARTS) is 2. The SMILES string of the molecule is CC(=O)Nc1ccc(N2C(=S)NC(c3ccccn3)C2c2ccc(-c3cc(C(=O)O)cc(C(=O)O)c3)o2)cc1. The van der Waals surface area contributed by atoms with Crippen molar-refractivity contribution in [2.45, 2.75) is 19.0 Å². The minimum atomic E-state index is -1.25. The van der Waals surface area contributed by atoms with Crippen molar-refractivity contribution in [1.29, 1.82) is 0 Å². The molecule has 0 spiro atoms. The van der Waals surface area contributed by atoms with Crippen molar-refractivity contribution in [3.63, 3.8) is 0 Å². The van der Waals surface area contributed by atoms with Crippen molar-refractivity contribution in [1.82, 2.24) is 10.3 Å². The molecule has 2 atom stereocenters. The first-order valence-electron chi connectivity index (χ1n) is 11.8. The van der Waals surface area contributed by atoms with Crippen molar-refractivity contribution in [2.24, 2.45) is 0 Å². The Bertz CT molecular complexity index is 1550. The second-order valence-corrected chi connectivity index (χ2v) is 9.22.